The molecule has 0 heterocycles. The van der Waals surface area contributed by atoms with Gasteiger partial charge in [0.25, 0.3) is 5.91 Å². The van der Waals surface area contributed by atoms with Gasteiger partial charge in [0, 0.05) is 17.5 Å². The van der Waals surface area contributed by atoms with E-state index in [0.717, 1.165) is 19.3 Å². The highest BCUT2D eigenvalue weighted by Crippen LogP contribution is 2.26. The molecule has 1 amide bonds. The number of carbonyl (C=O) groups excluding carboxylic acids is 1. The van der Waals surface area contributed by atoms with E-state index < -0.39 is 5.82 Å². The number of alkyl halides is 1. The molecule has 0 bridgehead atoms. The van der Waals surface area contributed by atoms with Gasteiger partial charge >= 0.3 is 0 Å². The van der Waals surface area contributed by atoms with Gasteiger partial charge in [-0.2, -0.15) is 0 Å². The maximum atomic E-state index is 13.0. The van der Waals surface area contributed by atoms with E-state index in [4.69, 9.17) is 11.6 Å². The highest BCUT2D eigenvalue weighted by molar-refractivity contribution is 6.18. The molecule has 1 aromatic rings. The van der Waals surface area contributed by atoms with Crippen LogP contribution in [0.25, 0.3) is 0 Å². The lowest BCUT2D eigenvalue weighted by Crippen LogP contribution is -2.37. The summed E-state index contributed by atoms with van der Waals surface area (Å²) in [4.78, 5) is 11.9. The molecule has 4 heteroatoms. The molecular weight excluding hydrogens is 241 g/mol. The number of benzene rings is 1. The molecule has 17 heavy (non-hydrogen) atoms. The van der Waals surface area contributed by atoms with Crippen molar-refractivity contribution >= 4 is 17.5 Å². The molecule has 0 aliphatic heterocycles. The molecule has 2 atom stereocenters. The zero-order valence-corrected chi connectivity index (χ0v) is 10.2. The monoisotopic (exact) mass is 255 g/mol. The fourth-order valence-electron chi connectivity index (χ4n) is 2.29. The Morgan fingerprint density at radius 3 is 3.00 bits per heavy atom. The van der Waals surface area contributed by atoms with Gasteiger partial charge in [-0.3, -0.25) is 4.79 Å². The normalized spacial score (nSPS) is 23.6. The van der Waals surface area contributed by atoms with Crippen LogP contribution in [0.1, 0.15) is 29.6 Å². The van der Waals surface area contributed by atoms with Crippen LogP contribution in [0.2, 0.25) is 0 Å². The van der Waals surface area contributed by atoms with Crippen molar-refractivity contribution in [2.45, 2.75) is 25.3 Å². The summed E-state index contributed by atoms with van der Waals surface area (Å²) in [6.45, 7) is 0. The van der Waals surface area contributed by atoms with Gasteiger partial charge in [-0.25, -0.2) is 4.39 Å². The van der Waals surface area contributed by atoms with Gasteiger partial charge in [0.2, 0.25) is 0 Å². The molecule has 0 radical (unpaired) electrons. The molecule has 2 rings (SSSR count). The van der Waals surface area contributed by atoms with Gasteiger partial charge < -0.3 is 5.32 Å². The number of carbonyl (C=O) groups is 1. The average Bonchev–Trinajstić information content (AvgIpc) is 2.76. The smallest absolute Gasteiger partial charge is 0.251 e. The van der Waals surface area contributed by atoms with Crippen LogP contribution in [0.4, 0.5) is 4.39 Å². The summed E-state index contributed by atoms with van der Waals surface area (Å²) in [5, 5.41) is 2.93. The average molecular weight is 256 g/mol. The molecule has 0 saturated heterocycles. The van der Waals surface area contributed by atoms with Gasteiger partial charge in [-0.1, -0.05) is 12.5 Å². The number of nitrogens with one attached hydrogen (secondary N) is 1. The first-order chi connectivity index (χ1) is 8.20. The van der Waals surface area contributed by atoms with Crippen LogP contribution in [0.5, 0.6) is 0 Å². The first-order valence-electron chi connectivity index (χ1n) is 5.83. The van der Waals surface area contributed by atoms with Crippen LogP contribution in [-0.4, -0.2) is 17.8 Å². The zero-order valence-electron chi connectivity index (χ0n) is 9.46. The molecule has 1 aliphatic carbocycles. The summed E-state index contributed by atoms with van der Waals surface area (Å²) in [6, 6.07) is 5.86. The Kier molecular flexibility index (Phi) is 4.00. The third-order valence-corrected chi connectivity index (χ3v) is 3.66. The molecule has 0 spiro atoms. The summed E-state index contributed by atoms with van der Waals surface area (Å²) in [5.41, 5.74) is 0.366. The van der Waals surface area contributed by atoms with Crippen LogP contribution in [0, 0.1) is 11.7 Å². The zero-order chi connectivity index (χ0) is 12.3. The van der Waals surface area contributed by atoms with Crippen molar-refractivity contribution in [1.82, 2.24) is 5.32 Å². The molecule has 92 valence electrons. The van der Waals surface area contributed by atoms with E-state index in [0.29, 0.717) is 17.4 Å². The fourth-order valence-corrected chi connectivity index (χ4v) is 2.66. The Bertz CT molecular complexity index is 410. The molecule has 0 aromatic heterocycles. The lowest BCUT2D eigenvalue weighted by atomic mass is 10.1. The van der Waals surface area contributed by atoms with Crippen LogP contribution >= 0.6 is 11.6 Å². The topological polar surface area (TPSA) is 29.1 Å². The van der Waals surface area contributed by atoms with E-state index >= 15 is 0 Å². The van der Waals surface area contributed by atoms with E-state index in [1.165, 1.54) is 18.2 Å². The molecule has 1 fully saturated rings. The number of amides is 1. The lowest BCUT2D eigenvalue weighted by Gasteiger charge is -2.18. The largest absolute Gasteiger partial charge is 0.349 e. The second-order valence-corrected chi connectivity index (χ2v) is 4.74. The van der Waals surface area contributed by atoms with Gasteiger partial charge in [0.05, 0.1) is 0 Å². The highest BCUT2D eigenvalue weighted by Gasteiger charge is 2.27. The van der Waals surface area contributed by atoms with Crippen molar-refractivity contribution < 1.29 is 9.18 Å². The van der Waals surface area contributed by atoms with Crippen molar-refractivity contribution in [2.75, 3.05) is 5.88 Å². The minimum atomic E-state index is -0.391. The minimum absolute atomic E-state index is 0.128. The first-order valence-corrected chi connectivity index (χ1v) is 6.36. The van der Waals surface area contributed by atoms with Crippen LogP contribution in [-0.2, 0) is 0 Å². The Labute approximate surface area is 105 Å². The molecule has 1 aliphatic rings. The molecule has 1 aromatic carbocycles. The van der Waals surface area contributed by atoms with E-state index in [1.807, 2.05) is 0 Å². The molecule has 2 nitrogen and oxygen atoms in total. The molecule has 2 unspecified atom stereocenters. The molecular formula is C13H15ClFNO. The standard InChI is InChI=1S/C13H15ClFNO/c14-8-10-4-2-6-12(10)16-13(17)9-3-1-5-11(15)7-9/h1,3,5,7,10,12H,2,4,6,8H2,(H,16,17). The van der Waals surface area contributed by atoms with E-state index in [9.17, 15) is 9.18 Å². The summed E-state index contributed by atoms with van der Waals surface area (Å²) < 4.78 is 13.0. The summed E-state index contributed by atoms with van der Waals surface area (Å²) in [7, 11) is 0. The maximum absolute atomic E-state index is 13.0. The second kappa shape index (κ2) is 5.50. The maximum Gasteiger partial charge on any atom is 0.251 e. The van der Waals surface area contributed by atoms with Crippen LogP contribution < -0.4 is 5.32 Å². The fraction of sp³-hybridized carbons (Fsp3) is 0.462. The SMILES string of the molecule is O=C(NC1CCCC1CCl)c1cccc(F)c1. The summed E-state index contributed by atoms with van der Waals surface area (Å²) >= 11 is 5.85. The Hall–Kier alpha value is -1.09. The summed E-state index contributed by atoms with van der Waals surface area (Å²) in [6.07, 6.45) is 3.10. The number of hydrogen-bond donors (Lipinski definition) is 1. The van der Waals surface area contributed by atoms with Crippen molar-refractivity contribution in [3.8, 4) is 0 Å². The Balaban J connectivity index is 2.01. The minimum Gasteiger partial charge on any atom is -0.349 e. The second-order valence-electron chi connectivity index (χ2n) is 4.44. The quantitative estimate of drug-likeness (QED) is 0.827. The van der Waals surface area contributed by atoms with E-state index in [2.05, 4.69) is 5.32 Å². The van der Waals surface area contributed by atoms with Crippen LogP contribution in [0.3, 0.4) is 0 Å². The number of halogens is 2. The van der Waals surface area contributed by atoms with Crippen molar-refractivity contribution in [2.24, 2.45) is 5.92 Å². The van der Waals surface area contributed by atoms with Crippen molar-refractivity contribution in [3.05, 3.63) is 35.6 Å². The van der Waals surface area contributed by atoms with Crippen molar-refractivity contribution in [3.63, 3.8) is 0 Å². The van der Waals surface area contributed by atoms with Crippen molar-refractivity contribution in [1.29, 1.82) is 0 Å². The van der Waals surface area contributed by atoms with Gasteiger partial charge in [0.1, 0.15) is 5.82 Å². The van der Waals surface area contributed by atoms with Gasteiger partial charge in [-0.15, -0.1) is 11.6 Å². The Morgan fingerprint density at radius 1 is 1.47 bits per heavy atom. The number of rotatable bonds is 3. The van der Waals surface area contributed by atoms with Crippen LogP contribution in [0.15, 0.2) is 24.3 Å². The predicted molar refractivity (Wildman–Crippen MR) is 65.7 cm³/mol. The highest BCUT2D eigenvalue weighted by atomic mass is 35.5. The lowest BCUT2D eigenvalue weighted by molar-refractivity contribution is 0.0929. The third kappa shape index (κ3) is 2.97. The first kappa shape index (κ1) is 12.4. The van der Waals surface area contributed by atoms with E-state index in [1.54, 1.807) is 6.07 Å². The molecule has 1 N–H and O–H groups in total. The van der Waals surface area contributed by atoms with Gasteiger partial charge in [0.15, 0.2) is 0 Å². The predicted octanol–water partition coefficient (Wildman–Crippen LogP) is 2.96. The van der Waals surface area contributed by atoms with Gasteiger partial charge in [-0.05, 0) is 37.0 Å². The van der Waals surface area contributed by atoms with E-state index in [-0.39, 0.29) is 11.9 Å². The Morgan fingerprint density at radius 2 is 2.29 bits per heavy atom. The molecule has 1 saturated carbocycles. The number of hydrogen-bond acceptors (Lipinski definition) is 1. The summed E-state index contributed by atoms with van der Waals surface area (Å²) in [5.74, 6) is 0.298. The third-order valence-electron chi connectivity index (χ3n) is 3.26.